The molecule has 0 unspecified atom stereocenters. The highest BCUT2D eigenvalue weighted by Crippen LogP contribution is 2.28. The van der Waals surface area contributed by atoms with E-state index in [1.165, 1.54) is 0 Å². The van der Waals surface area contributed by atoms with Crippen LogP contribution >= 0.6 is 11.3 Å². The number of nitrogens with zero attached hydrogens (tertiary/aromatic N) is 3. The van der Waals surface area contributed by atoms with Crippen molar-refractivity contribution in [3.63, 3.8) is 0 Å². The van der Waals surface area contributed by atoms with Crippen molar-refractivity contribution in [2.75, 3.05) is 31.1 Å². The van der Waals surface area contributed by atoms with Crippen molar-refractivity contribution < 1.29 is 4.79 Å². The van der Waals surface area contributed by atoms with E-state index in [0.717, 1.165) is 54.6 Å². The third kappa shape index (κ3) is 4.09. The minimum Gasteiger partial charge on any atom is -0.346 e. The summed E-state index contributed by atoms with van der Waals surface area (Å²) in [4.78, 5) is 22.6. The summed E-state index contributed by atoms with van der Waals surface area (Å²) < 4.78 is 0. The molecule has 3 aromatic rings. The van der Waals surface area contributed by atoms with Gasteiger partial charge >= 0.3 is 0 Å². The van der Waals surface area contributed by atoms with Gasteiger partial charge in [-0.2, -0.15) is 0 Å². The number of hydrogen-bond donors (Lipinski definition) is 0. The van der Waals surface area contributed by atoms with Crippen LogP contribution in [0.25, 0.3) is 0 Å². The van der Waals surface area contributed by atoms with Gasteiger partial charge in [0, 0.05) is 31.6 Å². The molecular weight excluding hydrogens is 366 g/mol. The maximum Gasteiger partial charge on any atom is 0.234 e. The topological polar surface area (TPSA) is 36.4 Å². The van der Waals surface area contributed by atoms with Crippen molar-refractivity contribution in [1.29, 1.82) is 0 Å². The molecule has 2 heterocycles. The Bertz CT molecular complexity index is 870. The molecule has 1 saturated heterocycles. The fourth-order valence-electron chi connectivity index (χ4n) is 3.77. The van der Waals surface area contributed by atoms with E-state index in [1.807, 2.05) is 48.2 Å². The Kier molecular flexibility index (Phi) is 5.72. The van der Waals surface area contributed by atoms with E-state index in [1.54, 1.807) is 11.3 Å². The van der Waals surface area contributed by atoms with E-state index in [4.69, 9.17) is 0 Å². The molecule has 0 radical (unpaired) electrons. The van der Waals surface area contributed by atoms with E-state index in [0.29, 0.717) is 0 Å². The highest BCUT2D eigenvalue weighted by Gasteiger charge is 2.29. The smallest absolute Gasteiger partial charge is 0.234 e. The minimum atomic E-state index is -0.254. The van der Waals surface area contributed by atoms with Gasteiger partial charge in [-0.3, -0.25) is 4.79 Å². The highest BCUT2D eigenvalue weighted by atomic mass is 32.1. The number of carbonyl (C=O) groups is 1. The highest BCUT2D eigenvalue weighted by molar-refractivity contribution is 7.13. The summed E-state index contributed by atoms with van der Waals surface area (Å²) in [7, 11) is 0. The Hall–Kier alpha value is -2.66. The van der Waals surface area contributed by atoms with E-state index in [-0.39, 0.29) is 11.8 Å². The first-order chi connectivity index (χ1) is 13.7. The molecule has 1 amide bonds. The van der Waals surface area contributed by atoms with Crippen LogP contribution in [0.15, 0.2) is 66.0 Å². The van der Waals surface area contributed by atoms with Crippen molar-refractivity contribution in [1.82, 2.24) is 9.88 Å². The van der Waals surface area contributed by atoms with Gasteiger partial charge in [-0.05, 0) is 24.5 Å². The zero-order chi connectivity index (χ0) is 19.3. The number of amides is 1. The number of benzene rings is 2. The lowest BCUT2D eigenvalue weighted by atomic mass is 9.90. The van der Waals surface area contributed by atoms with Gasteiger partial charge in [0.2, 0.25) is 5.91 Å². The number of carbonyl (C=O) groups excluding carboxylic acids is 1. The van der Waals surface area contributed by atoms with E-state index in [2.05, 4.69) is 39.5 Å². The molecule has 1 aromatic heterocycles. The van der Waals surface area contributed by atoms with Gasteiger partial charge in [0.05, 0.1) is 11.6 Å². The molecule has 0 aliphatic carbocycles. The Labute approximate surface area is 170 Å². The first-order valence-electron chi connectivity index (χ1n) is 9.78. The number of aryl methyl sites for hydroxylation is 1. The standard InChI is InChI=1S/C23H25N3OS/c1-18-17-28-23(24-18)26-14-8-13-25(15-16-26)22(27)21(19-9-4-2-5-10-19)20-11-6-3-7-12-20/h2-7,9-12,17,21H,8,13-16H2,1H3. The van der Waals surface area contributed by atoms with Gasteiger partial charge in [-0.25, -0.2) is 4.98 Å². The van der Waals surface area contributed by atoms with Crippen molar-refractivity contribution in [3.8, 4) is 0 Å². The molecule has 1 aliphatic heterocycles. The third-order valence-electron chi connectivity index (χ3n) is 5.20. The SMILES string of the molecule is Cc1csc(N2CCCN(C(=O)C(c3ccccc3)c3ccccc3)CC2)n1. The van der Waals surface area contributed by atoms with E-state index < -0.39 is 0 Å². The average Bonchev–Trinajstić information content (AvgIpc) is 3.01. The van der Waals surface area contributed by atoms with Crippen LogP contribution in [0.1, 0.15) is 29.2 Å². The lowest BCUT2D eigenvalue weighted by Crippen LogP contribution is -2.38. The molecule has 28 heavy (non-hydrogen) atoms. The zero-order valence-corrected chi connectivity index (χ0v) is 16.9. The summed E-state index contributed by atoms with van der Waals surface area (Å²) >= 11 is 1.69. The Morgan fingerprint density at radius 3 is 2.14 bits per heavy atom. The molecule has 0 saturated carbocycles. The summed E-state index contributed by atoms with van der Waals surface area (Å²) in [6.45, 7) is 5.31. The van der Waals surface area contributed by atoms with Crippen LogP contribution in [-0.4, -0.2) is 42.0 Å². The van der Waals surface area contributed by atoms with Crippen LogP contribution in [0.3, 0.4) is 0 Å². The van der Waals surface area contributed by atoms with Gasteiger partial charge < -0.3 is 9.80 Å². The molecule has 0 bridgehead atoms. The molecule has 0 N–H and O–H groups in total. The molecule has 5 heteroatoms. The predicted octanol–water partition coefficient (Wildman–Crippen LogP) is 4.32. The lowest BCUT2D eigenvalue weighted by molar-refractivity contribution is -0.131. The van der Waals surface area contributed by atoms with Gasteiger partial charge in [0.25, 0.3) is 0 Å². The van der Waals surface area contributed by atoms with Crippen molar-refractivity contribution in [2.45, 2.75) is 19.3 Å². The molecule has 144 valence electrons. The third-order valence-corrected chi connectivity index (χ3v) is 6.22. The second kappa shape index (κ2) is 8.57. The maximum absolute atomic E-state index is 13.6. The van der Waals surface area contributed by atoms with Crippen LogP contribution in [0.2, 0.25) is 0 Å². The summed E-state index contributed by atoms with van der Waals surface area (Å²) in [5.41, 5.74) is 3.16. The molecule has 4 rings (SSSR count). The first kappa shape index (κ1) is 18.7. The second-order valence-corrected chi connectivity index (χ2v) is 8.03. The Morgan fingerprint density at radius 2 is 1.57 bits per heavy atom. The molecule has 0 atom stereocenters. The molecular formula is C23H25N3OS. The second-order valence-electron chi connectivity index (χ2n) is 7.19. The van der Waals surface area contributed by atoms with Crippen molar-refractivity contribution in [2.24, 2.45) is 0 Å². The normalized spacial score (nSPS) is 14.9. The number of thiazole rings is 1. The lowest BCUT2D eigenvalue weighted by Gasteiger charge is -2.27. The van der Waals surface area contributed by atoms with Crippen LogP contribution < -0.4 is 4.90 Å². The van der Waals surface area contributed by atoms with Crippen molar-refractivity contribution in [3.05, 3.63) is 82.9 Å². The predicted molar refractivity (Wildman–Crippen MR) is 115 cm³/mol. The van der Waals surface area contributed by atoms with Crippen LogP contribution in [0, 0.1) is 6.92 Å². The molecule has 1 fully saturated rings. The van der Waals surface area contributed by atoms with Crippen LogP contribution in [0.5, 0.6) is 0 Å². The zero-order valence-electron chi connectivity index (χ0n) is 16.1. The quantitative estimate of drug-likeness (QED) is 0.664. The fourth-order valence-corrected chi connectivity index (χ4v) is 4.62. The number of hydrogen-bond acceptors (Lipinski definition) is 4. The summed E-state index contributed by atoms with van der Waals surface area (Å²) in [6, 6.07) is 20.2. The molecule has 4 nitrogen and oxygen atoms in total. The molecule has 2 aromatic carbocycles. The summed E-state index contributed by atoms with van der Waals surface area (Å²) in [6.07, 6.45) is 0.959. The monoisotopic (exact) mass is 391 g/mol. The van der Waals surface area contributed by atoms with Crippen LogP contribution in [-0.2, 0) is 4.79 Å². The van der Waals surface area contributed by atoms with E-state index >= 15 is 0 Å². The number of rotatable bonds is 4. The number of anilines is 1. The minimum absolute atomic E-state index is 0.189. The van der Waals surface area contributed by atoms with Gasteiger partial charge in [-0.1, -0.05) is 60.7 Å². The van der Waals surface area contributed by atoms with Crippen molar-refractivity contribution >= 4 is 22.4 Å². The summed E-state index contributed by atoms with van der Waals surface area (Å²) in [5.74, 6) is -0.0642. The average molecular weight is 392 g/mol. The Balaban J connectivity index is 1.55. The maximum atomic E-state index is 13.6. The largest absolute Gasteiger partial charge is 0.346 e. The molecule has 0 spiro atoms. The van der Waals surface area contributed by atoms with Gasteiger partial charge in [0.1, 0.15) is 0 Å². The van der Waals surface area contributed by atoms with Gasteiger partial charge in [-0.15, -0.1) is 11.3 Å². The Morgan fingerprint density at radius 1 is 0.929 bits per heavy atom. The van der Waals surface area contributed by atoms with Gasteiger partial charge in [0.15, 0.2) is 5.13 Å². The number of aromatic nitrogens is 1. The first-order valence-corrected chi connectivity index (χ1v) is 10.7. The van der Waals surface area contributed by atoms with Crippen LogP contribution in [0.4, 0.5) is 5.13 Å². The molecule has 1 aliphatic rings. The summed E-state index contributed by atoms with van der Waals surface area (Å²) in [5, 5.41) is 3.15. The van der Waals surface area contributed by atoms with E-state index in [9.17, 15) is 4.79 Å². The fraction of sp³-hybridized carbons (Fsp3) is 0.304.